The van der Waals surface area contributed by atoms with Crippen molar-refractivity contribution in [3.8, 4) is 0 Å². The molecule has 2 atom stereocenters. The first-order valence-electron chi connectivity index (χ1n) is 7.17. The lowest BCUT2D eigenvalue weighted by molar-refractivity contribution is -0.243. The lowest BCUT2D eigenvalue weighted by Crippen LogP contribution is -2.54. The summed E-state index contributed by atoms with van der Waals surface area (Å²) < 4.78 is 11.5. The Morgan fingerprint density at radius 2 is 1.89 bits per heavy atom. The molecule has 106 valence electrons. The van der Waals surface area contributed by atoms with Crippen LogP contribution in [0.5, 0.6) is 0 Å². The number of rotatable bonds is 5. The Morgan fingerprint density at radius 1 is 1.21 bits per heavy atom. The standard InChI is InChI=1S/C16H25NO2/c1-4-8-14-11-12-16(18-2,19-3)15(17-14)13-9-6-5-7-10-13/h5-7,9-10,14-15,17H,4,8,11-12H2,1-3H3/t14-,15-/m1/s1. The molecule has 1 saturated heterocycles. The minimum absolute atomic E-state index is 0.0917. The summed E-state index contributed by atoms with van der Waals surface area (Å²) in [7, 11) is 3.47. The molecule has 3 nitrogen and oxygen atoms in total. The highest BCUT2D eigenvalue weighted by atomic mass is 16.7. The van der Waals surface area contributed by atoms with E-state index in [-0.39, 0.29) is 6.04 Å². The lowest BCUT2D eigenvalue weighted by atomic mass is 9.86. The fourth-order valence-electron chi connectivity index (χ4n) is 3.06. The maximum Gasteiger partial charge on any atom is 0.187 e. The van der Waals surface area contributed by atoms with Gasteiger partial charge in [0, 0.05) is 26.7 Å². The van der Waals surface area contributed by atoms with Crippen molar-refractivity contribution in [3.63, 3.8) is 0 Å². The molecule has 0 bridgehead atoms. The van der Waals surface area contributed by atoms with Gasteiger partial charge in [-0.2, -0.15) is 0 Å². The van der Waals surface area contributed by atoms with E-state index in [9.17, 15) is 0 Å². The number of hydrogen-bond acceptors (Lipinski definition) is 3. The molecule has 0 unspecified atom stereocenters. The van der Waals surface area contributed by atoms with Crippen LogP contribution < -0.4 is 5.32 Å². The molecule has 0 spiro atoms. The SMILES string of the molecule is CCC[C@@H]1CCC(OC)(OC)[C@@H](c2ccccc2)N1. The zero-order valence-corrected chi connectivity index (χ0v) is 12.2. The van der Waals surface area contributed by atoms with Crippen molar-refractivity contribution in [2.24, 2.45) is 0 Å². The van der Waals surface area contributed by atoms with E-state index in [0.717, 1.165) is 12.8 Å². The summed E-state index contributed by atoms with van der Waals surface area (Å²) in [6.45, 7) is 2.23. The van der Waals surface area contributed by atoms with Crippen molar-refractivity contribution in [2.45, 2.75) is 50.5 Å². The summed E-state index contributed by atoms with van der Waals surface area (Å²) >= 11 is 0. The molecule has 1 aliphatic rings. The van der Waals surface area contributed by atoms with Gasteiger partial charge in [-0.15, -0.1) is 0 Å². The summed E-state index contributed by atoms with van der Waals surface area (Å²) in [6.07, 6.45) is 4.43. The van der Waals surface area contributed by atoms with E-state index >= 15 is 0 Å². The first-order valence-corrected chi connectivity index (χ1v) is 7.17. The van der Waals surface area contributed by atoms with Gasteiger partial charge in [-0.05, 0) is 18.4 Å². The maximum atomic E-state index is 5.74. The summed E-state index contributed by atoms with van der Waals surface area (Å²) in [5, 5.41) is 3.71. The summed E-state index contributed by atoms with van der Waals surface area (Å²) in [4.78, 5) is 0. The second kappa shape index (κ2) is 6.51. The van der Waals surface area contributed by atoms with Crippen LogP contribution in [0.4, 0.5) is 0 Å². The number of piperidine rings is 1. The van der Waals surface area contributed by atoms with Crippen LogP contribution in [0.3, 0.4) is 0 Å². The fourth-order valence-corrected chi connectivity index (χ4v) is 3.06. The molecule has 0 radical (unpaired) electrons. The normalized spacial score (nSPS) is 26.3. The van der Waals surface area contributed by atoms with Crippen LogP contribution >= 0.6 is 0 Å². The van der Waals surface area contributed by atoms with Gasteiger partial charge in [0.15, 0.2) is 5.79 Å². The molecular formula is C16H25NO2. The third-order valence-corrected chi connectivity index (χ3v) is 4.14. The topological polar surface area (TPSA) is 30.5 Å². The molecule has 19 heavy (non-hydrogen) atoms. The lowest BCUT2D eigenvalue weighted by Gasteiger charge is -2.45. The molecule has 0 aromatic heterocycles. The molecule has 1 fully saturated rings. The molecule has 0 amide bonds. The Kier molecular flexibility index (Phi) is 4.97. The van der Waals surface area contributed by atoms with Crippen molar-refractivity contribution in [3.05, 3.63) is 35.9 Å². The van der Waals surface area contributed by atoms with E-state index in [1.165, 1.54) is 18.4 Å². The Labute approximate surface area is 116 Å². The van der Waals surface area contributed by atoms with Crippen LogP contribution in [0.25, 0.3) is 0 Å². The van der Waals surface area contributed by atoms with E-state index in [0.29, 0.717) is 6.04 Å². The minimum atomic E-state index is -0.550. The molecule has 3 heteroatoms. The minimum Gasteiger partial charge on any atom is -0.351 e. The highest BCUT2D eigenvalue weighted by Crippen LogP contribution is 2.38. The summed E-state index contributed by atoms with van der Waals surface area (Å²) in [5.74, 6) is -0.550. The van der Waals surface area contributed by atoms with Crippen molar-refractivity contribution in [1.29, 1.82) is 0 Å². The van der Waals surface area contributed by atoms with Gasteiger partial charge in [0.25, 0.3) is 0 Å². The van der Waals surface area contributed by atoms with Gasteiger partial charge in [-0.1, -0.05) is 43.7 Å². The average molecular weight is 263 g/mol. The van der Waals surface area contributed by atoms with E-state index < -0.39 is 5.79 Å². The molecular weight excluding hydrogens is 238 g/mol. The molecule has 0 aliphatic carbocycles. The van der Waals surface area contributed by atoms with Crippen molar-refractivity contribution in [2.75, 3.05) is 14.2 Å². The highest BCUT2D eigenvalue weighted by Gasteiger charge is 2.44. The van der Waals surface area contributed by atoms with E-state index in [2.05, 4.69) is 36.5 Å². The molecule has 1 heterocycles. The molecule has 1 N–H and O–H groups in total. The summed E-state index contributed by atoms with van der Waals surface area (Å²) in [6, 6.07) is 11.1. The Bertz CT molecular complexity index is 376. The smallest absolute Gasteiger partial charge is 0.187 e. The zero-order valence-electron chi connectivity index (χ0n) is 12.2. The Morgan fingerprint density at radius 3 is 2.47 bits per heavy atom. The quantitative estimate of drug-likeness (QED) is 0.827. The first kappa shape index (κ1) is 14.5. The maximum absolute atomic E-state index is 5.74. The Hall–Kier alpha value is -0.900. The van der Waals surface area contributed by atoms with Crippen molar-refractivity contribution in [1.82, 2.24) is 5.32 Å². The monoisotopic (exact) mass is 263 g/mol. The fraction of sp³-hybridized carbons (Fsp3) is 0.625. The van der Waals surface area contributed by atoms with Crippen molar-refractivity contribution < 1.29 is 9.47 Å². The van der Waals surface area contributed by atoms with Crippen LogP contribution in [-0.2, 0) is 9.47 Å². The van der Waals surface area contributed by atoms with Gasteiger partial charge in [-0.25, -0.2) is 0 Å². The van der Waals surface area contributed by atoms with Gasteiger partial charge in [0.1, 0.15) is 0 Å². The number of nitrogens with one attached hydrogen (secondary N) is 1. The molecule has 2 rings (SSSR count). The van der Waals surface area contributed by atoms with Crippen LogP contribution in [0.1, 0.15) is 44.2 Å². The Balaban J connectivity index is 2.25. The second-order valence-electron chi connectivity index (χ2n) is 5.25. The van der Waals surface area contributed by atoms with Crippen LogP contribution in [0.15, 0.2) is 30.3 Å². The third-order valence-electron chi connectivity index (χ3n) is 4.14. The van der Waals surface area contributed by atoms with Crippen LogP contribution in [0, 0.1) is 0 Å². The van der Waals surface area contributed by atoms with Gasteiger partial charge >= 0.3 is 0 Å². The summed E-state index contributed by atoms with van der Waals surface area (Å²) in [5.41, 5.74) is 1.23. The largest absolute Gasteiger partial charge is 0.351 e. The number of methoxy groups -OCH3 is 2. The number of hydrogen-bond donors (Lipinski definition) is 1. The zero-order chi connectivity index (χ0) is 13.7. The number of ether oxygens (including phenoxy) is 2. The molecule has 1 aliphatic heterocycles. The van der Waals surface area contributed by atoms with Crippen molar-refractivity contribution >= 4 is 0 Å². The predicted octanol–water partition coefficient (Wildman–Crippen LogP) is 3.27. The highest BCUT2D eigenvalue weighted by molar-refractivity contribution is 5.22. The van der Waals surface area contributed by atoms with Crippen LogP contribution in [-0.4, -0.2) is 26.0 Å². The third kappa shape index (κ3) is 2.99. The average Bonchev–Trinajstić information content (AvgIpc) is 2.49. The van der Waals surface area contributed by atoms with Gasteiger partial charge in [0.05, 0.1) is 6.04 Å². The molecule has 1 aromatic carbocycles. The number of benzene rings is 1. The molecule has 0 saturated carbocycles. The second-order valence-corrected chi connectivity index (χ2v) is 5.25. The van der Waals surface area contributed by atoms with Crippen LogP contribution in [0.2, 0.25) is 0 Å². The van der Waals surface area contributed by atoms with Gasteiger partial charge in [0.2, 0.25) is 0 Å². The first-order chi connectivity index (χ1) is 9.25. The van der Waals surface area contributed by atoms with Gasteiger partial charge in [-0.3, -0.25) is 0 Å². The van der Waals surface area contributed by atoms with E-state index in [1.54, 1.807) is 14.2 Å². The van der Waals surface area contributed by atoms with Gasteiger partial charge < -0.3 is 14.8 Å². The predicted molar refractivity (Wildman–Crippen MR) is 77.0 cm³/mol. The van der Waals surface area contributed by atoms with E-state index in [1.807, 2.05) is 6.07 Å². The van der Waals surface area contributed by atoms with E-state index in [4.69, 9.17) is 9.47 Å². The molecule has 1 aromatic rings.